The number of aryl methyl sites for hydroxylation is 1. The van der Waals surface area contributed by atoms with Crippen LogP contribution in [-0.4, -0.2) is 9.91 Å². The minimum absolute atomic E-state index is 0.0631. The van der Waals surface area contributed by atoms with Gasteiger partial charge in [0.15, 0.2) is 5.69 Å². The highest BCUT2D eigenvalue weighted by molar-refractivity contribution is 5.69. The van der Waals surface area contributed by atoms with Gasteiger partial charge in [-0.1, -0.05) is 12.1 Å². The number of benzene rings is 1. The van der Waals surface area contributed by atoms with Crippen molar-refractivity contribution >= 4 is 5.69 Å². The van der Waals surface area contributed by atoms with Gasteiger partial charge in [0.1, 0.15) is 5.82 Å². The molecule has 0 radical (unpaired) electrons. The Morgan fingerprint density at radius 3 is 2.59 bits per heavy atom. The number of rotatable bonds is 2. The SMILES string of the molecule is Cc1ccc([N+](=O)[O-])c(-c2ccccc2F)n1. The van der Waals surface area contributed by atoms with Gasteiger partial charge < -0.3 is 0 Å². The van der Waals surface area contributed by atoms with E-state index in [1.54, 1.807) is 13.0 Å². The van der Waals surface area contributed by atoms with Crippen molar-refractivity contribution in [1.29, 1.82) is 0 Å². The molecule has 2 aromatic rings. The molecule has 86 valence electrons. The third kappa shape index (κ3) is 2.13. The van der Waals surface area contributed by atoms with Gasteiger partial charge in [0.25, 0.3) is 5.69 Å². The maximum absolute atomic E-state index is 13.6. The van der Waals surface area contributed by atoms with Gasteiger partial charge in [0.05, 0.1) is 4.92 Å². The van der Waals surface area contributed by atoms with Crippen LogP contribution in [0.5, 0.6) is 0 Å². The highest BCUT2D eigenvalue weighted by atomic mass is 19.1. The summed E-state index contributed by atoms with van der Waals surface area (Å²) in [5, 5.41) is 10.9. The Morgan fingerprint density at radius 2 is 1.94 bits per heavy atom. The molecule has 0 N–H and O–H groups in total. The first-order valence-electron chi connectivity index (χ1n) is 4.96. The summed E-state index contributed by atoms with van der Waals surface area (Å²) in [5.41, 5.74) is 0.616. The van der Waals surface area contributed by atoms with E-state index >= 15 is 0 Å². The molecule has 0 aliphatic carbocycles. The normalized spacial score (nSPS) is 10.2. The first-order valence-corrected chi connectivity index (χ1v) is 4.96. The van der Waals surface area contributed by atoms with Crippen LogP contribution < -0.4 is 0 Å². The third-order valence-corrected chi connectivity index (χ3v) is 2.34. The summed E-state index contributed by atoms with van der Waals surface area (Å²) >= 11 is 0. The predicted molar refractivity (Wildman–Crippen MR) is 61.0 cm³/mol. The molecule has 0 saturated carbocycles. The molecule has 0 unspecified atom stereocenters. The summed E-state index contributed by atoms with van der Waals surface area (Å²) in [6.07, 6.45) is 0. The minimum atomic E-state index is -0.561. The molecule has 0 amide bonds. The lowest BCUT2D eigenvalue weighted by atomic mass is 10.1. The summed E-state index contributed by atoms with van der Waals surface area (Å²) in [6, 6.07) is 8.74. The highest BCUT2D eigenvalue weighted by Crippen LogP contribution is 2.29. The van der Waals surface area contributed by atoms with Crippen molar-refractivity contribution in [1.82, 2.24) is 4.98 Å². The lowest BCUT2D eigenvalue weighted by Gasteiger charge is -2.04. The average molecular weight is 232 g/mol. The van der Waals surface area contributed by atoms with Gasteiger partial charge in [-0.3, -0.25) is 10.1 Å². The fourth-order valence-electron chi connectivity index (χ4n) is 1.55. The zero-order chi connectivity index (χ0) is 12.4. The fraction of sp³-hybridized carbons (Fsp3) is 0.0833. The number of hydrogen-bond donors (Lipinski definition) is 0. The van der Waals surface area contributed by atoms with Crippen LogP contribution in [0.2, 0.25) is 0 Å². The summed E-state index contributed by atoms with van der Waals surface area (Å²) in [5.74, 6) is -0.520. The summed E-state index contributed by atoms with van der Waals surface area (Å²) in [4.78, 5) is 14.3. The molecule has 0 spiro atoms. The minimum Gasteiger partial charge on any atom is -0.258 e. The molecule has 0 atom stereocenters. The van der Waals surface area contributed by atoms with Crippen LogP contribution in [0.4, 0.5) is 10.1 Å². The van der Waals surface area contributed by atoms with Crippen LogP contribution in [0.1, 0.15) is 5.69 Å². The number of aromatic nitrogens is 1. The lowest BCUT2D eigenvalue weighted by Crippen LogP contribution is -1.97. The molecule has 0 saturated heterocycles. The molecule has 5 heteroatoms. The van der Waals surface area contributed by atoms with E-state index in [9.17, 15) is 14.5 Å². The van der Waals surface area contributed by atoms with Crippen LogP contribution in [0.3, 0.4) is 0 Å². The van der Waals surface area contributed by atoms with E-state index in [0.29, 0.717) is 5.69 Å². The third-order valence-electron chi connectivity index (χ3n) is 2.34. The van der Waals surface area contributed by atoms with Crippen molar-refractivity contribution in [3.8, 4) is 11.3 Å². The summed E-state index contributed by atoms with van der Waals surface area (Å²) < 4.78 is 13.6. The Kier molecular flexibility index (Phi) is 2.82. The average Bonchev–Trinajstić information content (AvgIpc) is 2.29. The quantitative estimate of drug-likeness (QED) is 0.590. The molecule has 1 aromatic heterocycles. The van der Waals surface area contributed by atoms with Gasteiger partial charge >= 0.3 is 0 Å². The van der Waals surface area contributed by atoms with Crippen molar-refractivity contribution in [2.45, 2.75) is 6.92 Å². The smallest absolute Gasteiger partial charge is 0.258 e. The van der Waals surface area contributed by atoms with Crippen molar-refractivity contribution < 1.29 is 9.31 Å². The van der Waals surface area contributed by atoms with E-state index in [0.717, 1.165) is 0 Å². The van der Waals surface area contributed by atoms with Gasteiger partial charge in [-0.25, -0.2) is 9.37 Å². The molecule has 0 fully saturated rings. The molecular weight excluding hydrogens is 223 g/mol. The van der Waals surface area contributed by atoms with Crippen LogP contribution in [-0.2, 0) is 0 Å². The van der Waals surface area contributed by atoms with Crippen LogP contribution in [0, 0.1) is 22.9 Å². The highest BCUT2D eigenvalue weighted by Gasteiger charge is 2.19. The molecule has 1 aromatic carbocycles. The first-order chi connectivity index (χ1) is 8.09. The van der Waals surface area contributed by atoms with Crippen molar-refractivity contribution in [2.24, 2.45) is 0 Å². The molecule has 0 bridgehead atoms. The Labute approximate surface area is 96.9 Å². The first kappa shape index (κ1) is 11.2. The summed E-state index contributed by atoms with van der Waals surface area (Å²) in [6.45, 7) is 1.70. The van der Waals surface area contributed by atoms with Crippen LogP contribution in [0.15, 0.2) is 36.4 Å². The maximum Gasteiger partial charge on any atom is 0.295 e. The van der Waals surface area contributed by atoms with E-state index in [4.69, 9.17) is 0 Å². The molecular formula is C12H9FN2O2. The largest absolute Gasteiger partial charge is 0.295 e. The number of nitro groups is 1. The number of hydrogen-bond acceptors (Lipinski definition) is 3. The van der Waals surface area contributed by atoms with Gasteiger partial charge in [-0.15, -0.1) is 0 Å². The second-order valence-electron chi connectivity index (χ2n) is 3.56. The van der Waals surface area contributed by atoms with Crippen LogP contribution in [0.25, 0.3) is 11.3 Å². The number of nitrogens with zero attached hydrogens (tertiary/aromatic N) is 2. The van der Waals surface area contributed by atoms with E-state index in [1.807, 2.05) is 0 Å². The van der Waals surface area contributed by atoms with Gasteiger partial charge in [-0.2, -0.15) is 0 Å². The molecule has 4 nitrogen and oxygen atoms in total. The molecule has 0 aliphatic rings. The van der Waals surface area contributed by atoms with Gasteiger partial charge in [0, 0.05) is 17.3 Å². The van der Waals surface area contributed by atoms with Crippen LogP contribution >= 0.6 is 0 Å². The van der Waals surface area contributed by atoms with E-state index in [2.05, 4.69) is 4.98 Å². The maximum atomic E-state index is 13.6. The van der Waals surface area contributed by atoms with E-state index in [-0.39, 0.29) is 16.9 Å². The molecule has 1 heterocycles. The number of halogens is 1. The van der Waals surface area contributed by atoms with Gasteiger partial charge in [0.2, 0.25) is 0 Å². The van der Waals surface area contributed by atoms with Crippen molar-refractivity contribution in [3.05, 3.63) is 58.0 Å². The standard InChI is InChI=1S/C12H9FN2O2/c1-8-6-7-11(15(16)17)12(14-8)9-4-2-3-5-10(9)13/h2-7H,1H3. The van der Waals surface area contributed by atoms with Gasteiger partial charge in [-0.05, 0) is 25.1 Å². The monoisotopic (exact) mass is 232 g/mol. The number of pyridine rings is 1. The second-order valence-corrected chi connectivity index (χ2v) is 3.56. The predicted octanol–water partition coefficient (Wildman–Crippen LogP) is 3.10. The topological polar surface area (TPSA) is 56.0 Å². The fourth-order valence-corrected chi connectivity index (χ4v) is 1.55. The Bertz CT molecular complexity index is 584. The van der Waals surface area contributed by atoms with Crippen molar-refractivity contribution in [3.63, 3.8) is 0 Å². The molecule has 17 heavy (non-hydrogen) atoms. The Morgan fingerprint density at radius 1 is 1.24 bits per heavy atom. The molecule has 0 aliphatic heterocycles. The Balaban J connectivity index is 2.70. The summed E-state index contributed by atoms with van der Waals surface area (Å²) in [7, 11) is 0. The Hall–Kier alpha value is -2.30. The molecule has 2 rings (SSSR count). The lowest BCUT2D eigenvalue weighted by molar-refractivity contribution is -0.384. The van der Waals surface area contributed by atoms with E-state index < -0.39 is 10.7 Å². The second kappa shape index (κ2) is 4.29. The van der Waals surface area contributed by atoms with E-state index in [1.165, 1.54) is 30.3 Å². The van der Waals surface area contributed by atoms with Crippen molar-refractivity contribution in [2.75, 3.05) is 0 Å². The zero-order valence-electron chi connectivity index (χ0n) is 9.05. The zero-order valence-corrected chi connectivity index (χ0v) is 9.05.